The number of azide groups is 1. The van der Waals surface area contributed by atoms with Crippen LogP contribution in [0.3, 0.4) is 0 Å². The van der Waals surface area contributed by atoms with Gasteiger partial charge >= 0.3 is 12.1 Å². The standard InChI is InChI=1S/C20H27N7O4/c1-7-13-10(2)17(30-11(3)28)16(27(13)19(29)31-20(4,5)6)12-8-22-15-14(12)23-9-24-18(15)25-26-21/h8-10,13,16-17,22H,7H2,1-6H3/t10-,13-,16+,17-/m1/s1. The normalized spacial score (nSPS) is 23.5. The first-order chi connectivity index (χ1) is 14.6. The van der Waals surface area contributed by atoms with E-state index in [1.54, 1.807) is 31.9 Å². The molecule has 11 nitrogen and oxygen atoms in total. The highest BCUT2D eigenvalue weighted by atomic mass is 16.6. The first-order valence-electron chi connectivity index (χ1n) is 10.1. The molecule has 1 amide bonds. The minimum absolute atomic E-state index is 0.143. The van der Waals surface area contributed by atoms with Crippen LogP contribution in [0.5, 0.6) is 0 Å². The molecular formula is C20H27N7O4. The highest BCUT2D eigenvalue weighted by Gasteiger charge is 2.52. The van der Waals surface area contributed by atoms with Gasteiger partial charge in [-0.05, 0) is 37.8 Å². The van der Waals surface area contributed by atoms with Crippen LogP contribution in [-0.2, 0) is 14.3 Å². The first-order valence-corrected chi connectivity index (χ1v) is 10.1. The van der Waals surface area contributed by atoms with E-state index in [2.05, 4.69) is 25.0 Å². The summed E-state index contributed by atoms with van der Waals surface area (Å²) in [6.45, 7) is 10.7. The van der Waals surface area contributed by atoms with Crippen molar-refractivity contribution in [3.63, 3.8) is 0 Å². The van der Waals surface area contributed by atoms with Crippen LogP contribution in [0.1, 0.15) is 59.6 Å². The lowest BCUT2D eigenvalue weighted by molar-refractivity contribution is -0.149. The average molecular weight is 429 g/mol. The van der Waals surface area contributed by atoms with Gasteiger partial charge in [-0.25, -0.2) is 14.8 Å². The number of hydrogen-bond donors (Lipinski definition) is 1. The zero-order valence-electron chi connectivity index (χ0n) is 18.5. The van der Waals surface area contributed by atoms with Crippen LogP contribution in [0, 0.1) is 5.92 Å². The number of aromatic nitrogens is 3. The molecule has 3 heterocycles. The summed E-state index contributed by atoms with van der Waals surface area (Å²) < 4.78 is 11.4. The molecule has 1 N–H and O–H groups in total. The fourth-order valence-electron chi connectivity index (χ4n) is 4.24. The Kier molecular flexibility index (Phi) is 6.08. The number of hydrogen-bond acceptors (Lipinski definition) is 7. The van der Waals surface area contributed by atoms with Crippen molar-refractivity contribution in [3.8, 4) is 0 Å². The topological polar surface area (TPSA) is 146 Å². The fraction of sp³-hybridized carbons (Fsp3) is 0.600. The SMILES string of the molecule is CC[C@@H]1[C@@H](C)[C@@H](OC(C)=O)[C@H](c2c[nH]c3c(N=[N+]=[N-])ncnc23)N1C(=O)OC(C)(C)C. The minimum Gasteiger partial charge on any atom is -0.460 e. The number of rotatable bonds is 4. The summed E-state index contributed by atoms with van der Waals surface area (Å²) in [4.78, 5) is 41.0. The van der Waals surface area contributed by atoms with Crippen LogP contribution < -0.4 is 0 Å². The molecule has 3 rings (SSSR count). The van der Waals surface area contributed by atoms with Crippen molar-refractivity contribution in [2.75, 3.05) is 0 Å². The molecule has 0 unspecified atom stereocenters. The number of likely N-dealkylation sites (tertiary alicyclic amines) is 1. The van der Waals surface area contributed by atoms with Crippen molar-refractivity contribution >= 4 is 28.9 Å². The van der Waals surface area contributed by atoms with Gasteiger partial charge in [-0.2, -0.15) is 0 Å². The number of esters is 1. The third-order valence-electron chi connectivity index (χ3n) is 5.35. The van der Waals surface area contributed by atoms with Crippen LogP contribution in [0.4, 0.5) is 10.6 Å². The molecule has 166 valence electrons. The molecule has 0 bridgehead atoms. The number of ether oxygens (including phenoxy) is 2. The number of aromatic amines is 1. The summed E-state index contributed by atoms with van der Waals surface area (Å²) >= 11 is 0. The predicted molar refractivity (Wildman–Crippen MR) is 112 cm³/mol. The van der Waals surface area contributed by atoms with Crippen molar-refractivity contribution in [3.05, 3.63) is 28.5 Å². The molecule has 4 atom stereocenters. The number of amides is 1. The fourth-order valence-corrected chi connectivity index (χ4v) is 4.24. The summed E-state index contributed by atoms with van der Waals surface area (Å²) in [7, 11) is 0. The van der Waals surface area contributed by atoms with Crippen molar-refractivity contribution in [2.24, 2.45) is 11.0 Å². The molecule has 2 aromatic rings. The molecule has 2 aromatic heterocycles. The van der Waals surface area contributed by atoms with Crippen molar-refractivity contribution in [1.29, 1.82) is 0 Å². The van der Waals surface area contributed by atoms with Gasteiger partial charge in [0.25, 0.3) is 0 Å². The molecule has 0 saturated carbocycles. The van der Waals surface area contributed by atoms with Gasteiger partial charge in [0.1, 0.15) is 24.1 Å². The molecule has 1 fully saturated rings. The zero-order chi connectivity index (χ0) is 22.9. The van der Waals surface area contributed by atoms with E-state index >= 15 is 0 Å². The quantitative estimate of drug-likeness (QED) is 0.327. The number of carbonyl (C=O) groups excluding carboxylic acids is 2. The van der Waals surface area contributed by atoms with E-state index < -0.39 is 29.8 Å². The second kappa shape index (κ2) is 8.43. The lowest BCUT2D eigenvalue weighted by Crippen LogP contribution is -2.42. The van der Waals surface area contributed by atoms with Crippen molar-refractivity contribution < 1.29 is 19.1 Å². The number of nitrogens with zero attached hydrogens (tertiary/aromatic N) is 6. The predicted octanol–water partition coefficient (Wildman–Crippen LogP) is 4.54. The summed E-state index contributed by atoms with van der Waals surface area (Å²) in [6, 6.07) is -0.853. The van der Waals surface area contributed by atoms with Gasteiger partial charge < -0.3 is 14.5 Å². The van der Waals surface area contributed by atoms with Crippen LogP contribution in [-0.4, -0.2) is 49.7 Å². The summed E-state index contributed by atoms with van der Waals surface area (Å²) in [5, 5.41) is 3.60. The highest BCUT2D eigenvalue weighted by molar-refractivity contribution is 5.87. The van der Waals surface area contributed by atoms with Gasteiger partial charge in [-0.15, -0.1) is 0 Å². The van der Waals surface area contributed by atoms with E-state index in [9.17, 15) is 9.59 Å². The summed E-state index contributed by atoms with van der Waals surface area (Å²) in [5.74, 6) is -0.438. The van der Waals surface area contributed by atoms with E-state index in [4.69, 9.17) is 15.0 Å². The lowest BCUT2D eigenvalue weighted by atomic mass is 9.94. The maximum absolute atomic E-state index is 13.3. The number of carbonyl (C=O) groups is 2. The molecular weight excluding hydrogens is 402 g/mol. The number of nitrogens with one attached hydrogen (secondary N) is 1. The third kappa shape index (κ3) is 4.27. The average Bonchev–Trinajstić information content (AvgIpc) is 3.20. The Balaban J connectivity index is 2.19. The van der Waals surface area contributed by atoms with E-state index in [-0.39, 0.29) is 17.8 Å². The molecule has 0 aromatic carbocycles. The van der Waals surface area contributed by atoms with Gasteiger partial charge in [-0.3, -0.25) is 9.69 Å². The summed E-state index contributed by atoms with van der Waals surface area (Å²) in [6.07, 6.45) is 2.52. The molecule has 31 heavy (non-hydrogen) atoms. The van der Waals surface area contributed by atoms with Crippen LogP contribution in [0.25, 0.3) is 21.5 Å². The Morgan fingerprint density at radius 1 is 1.35 bits per heavy atom. The lowest BCUT2D eigenvalue weighted by Gasteiger charge is -2.32. The summed E-state index contributed by atoms with van der Waals surface area (Å²) in [5.41, 5.74) is 9.68. The Hall–Kier alpha value is -3.33. The Labute approximate surface area is 179 Å². The van der Waals surface area contributed by atoms with E-state index in [1.165, 1.54) is 13.3 Å². The van der Waals surface area contributed by atoms with Crippen molar-refractivity contribution in [1.82, 2.24) is 19.9 Å². The highest BCUT2D eigenvalue weighted by Crippen LogP contribution is 2.46. The van der Waals surface area contributed by atoms with Gasteiger partial charge in [0.15, 0.2) is 5.82 Å². The van der Waals surface area contributed by atoms with Crippen LogP contribution >= 0.6 is 0 Å². The Morgan fingerprint density at radius 3 is 2.65 bits per heavy atom. The third-order valence-corrected chi connectivity index (χ3v) is 5.35. The van der Waals surface area contributed by atoms with Gasteiger partial charge in [0.2, 0.25) is 0 Å². The van der Waals surface area contributed by atoms with Gasteiger partial charge in [0, 0.05) is 35.6 Å². The van der Waals surface area contributed by atoms with E-state index in [0.717, 1.165) is 0 Å². The molecule has 0 aliphatic carbocycles. The minimum atomic E-state index is -0.695. The monoisotopic (exact) mass is 429 g/mol. The number of fused-ring (bicyclic) bond motifs is 1. The molecule has 11 heteroatoms. The van der Waals surface area contributed by atoms with E-state index in [0.29, 0.717) is 23.0 Å². The maximum atomic E-state index is 13.3. The van der Waals surface area contributed by atoms with Crippen molar-refractivity contribution in [2.45, 2.75) is 71.8 Å². The maximum Gasteiger partial charge on any atom is 0.411 e. The van der Waals surface area contributed by atoms with Crippen LogP contribution in [0.15, 0.2) is 17.6 Å². The second-order valence-electron chi connectivity index (χ2n) is 8.60. The smallest absolute Gasteiger partial charge is 0.411 e. The number of H-pyrrole nitrogens is 1. The molecule has 0 spiro atoms. The molecule has 1 saturated heterocycles. The van der Waals surface area contributed by atoms with Crippen LogP contribution in [0.2, 0.25) is 0 Å². The molecule has 1 aliphatic heterocycles. The molecule has 0 radical (unpaired) electrons. The zero-order valence-corrected chi connectivity index (χ0v) is 18.5. The largest absolute Gasteiger partial charge is 0.460 e. The first kappa shape index (κ1) is 22.4. The Bertz CT molecular complexity index is 1040. The Morgan fingerprint density at radius 2 is 2.06 bits per heavy atom. The van der Waals surface area contributed by atoms with E-state index in [1.807, 2.05) is 13.8 Å². The van der Waals surface area contributed by atoms with Gasteiger partial charge in [0.05, 0.1) is 11.0 Å². The van der Waals surface area contributed by atoms with Gasteiger partial charge in [-0.1, -0.05) is 13.8 Å². The second-order valence-corrected chi connectivity index (χ2v) is 8.60. The molecule has 1 aliphatic rings.